The molecule has 0 aromatic carbocycles. The van der Waals surface area contributed by atoms with Crippen LogP contribution in [0.1, 0.15) is 39.8 Å². The first-order chi connectivity index (χ1) is 9.20. The van der Waals surface area contributed by atoms with Crippen LogP contribution in [-0.4, -0.2) is 37.6 Å². The van der Waals surface area contributed by atoms with Gasteiger partial charge in [0.1, 0.15) is 11.1 Å². The van der Waals surface area contributed by atoms with Crippen molar-refractivity contribution in [3.63, 3.8) is 0 Å². The Kier molecular flexibility index (Phi) is 3.36. The summed E-state index contributed by atoms with van der Waals surface area (Å²) in [6, 6.07) is 1.86. The Morgan fingerprint density at radius 1 is 1.30 bits per heavy atom. The average molecular weight is 278 g/mol. The third-order valence-electron chi connectivity index (χ3n) is 4.07. The standard InChI is InChI=1S/C14H22N4O2/c1-6-14(4)11(19)15-13(2,3)12(20)18(14)9-10-7-8-17(5)16-10/h7-8H,6,9H2,1-5H3,(H,15,19). The average Bonchev–Trinajstić information content (AvgIpc) is 2.77. The van der Waals surface area contributed by atoms with E-state index >= 15 is 0 Å². The van der Waals surface area contributed by atoms with E-state index in [4.69, 9.17) is 0 Å². The van der Waals surface area contributed by atoms with Gasteiger partial charge < -0.3 is 10.2 Å². The van der Waals surface area contributed by atoms with E-state index in [9.17, 15) is 9.59 Å². The van der Waals surface area contributed by atoms with Gasteiger partial charge in [0, 0.05) is 13.2 Å². The van der Waals surface area contributed by atoms with Gasteiger partial charge in [0.05, 0.1) is 12.2 Å². The normalized spacial score (nSPS) is 25.8. The topological polar surface area (TPSA) is 67.2 Å². The molecule has 1 unspecified atom stereocenters. The van der Waals surface area contributed by atoms with Gasteiger partial charge in [-0.3, -0.25) is 14.3 Å². The van der Waals surface area contributed by atoms with Crippen LogP contribution in [0, 0.1) is 0 Å². The lowest BCUT2D eigenvalue weighted by molar-refractivity contribution is -0.162. The number of carbonyl (C=O) groups excluding carboxylic acids is 2. The van der Waals surface area contributed by atoms with Crippen LogP contribution in [0.5, 0.6) is 0 Å². The second-order valence-corrected chi connectivity index (χ2v) is 6.08. The molecule has 2 heterocycles. The number of rotatable bonds is 3. The number of piperazine rings is 1. The predicted molar refractivity (Wildman–Crippen MR) is 74.7 cm³/mol. The molecule has 0 radical (unpaired) electrons. The maximum atomic E-state index is 12.7. The largest absolute Gasteiger partial charge is 0.340 e. The summed E-state index contributed by atoms with van der Waals surface area (Å²) in [6.07, 6.45) is 2.39. The highest BCUT2D eigenvalue weighted by Gasteiger charge is 2.51. The number of hydrogen-bond donors (Lipinski definition) is 1. The Labute approximate surface area is 119 Å². The van der Waals surface area contributed by atoms with Crippen molar-refractivity contribution >= 4 is 11.8 Å². The summed E-state index contributed by atoms with van der Waals surface area (Å²) < 4.78 is 1.69. The molecule has 0 bridgehead atoms. The van der Waals surface area contributed by atoms with E-state index < -0.39 is 11.1 Å². The van der Waals surface area contributed by atoms with Crippen LogP contribution in [0.25, 0.3) is 0 Å². The number of aromatic nitrogens is 2. The van der Waals surface area contributed by atoms with Crippen LogP contribution >= 0.6 is 0 Å². The fourth-order valence-corrected chi connectivity index (χ4v) is 2.46. The third-order valence-corrected chi connectivity index (χ3v) is 4.07. The van der Waals surface area contributed by atoms with Gasteiger partial charge in [-0.25, -0.2) is 0 Å². The molecule has 2 rings (SSSR count). The van der Waals surface area contributed by atoms with Crippen LogP contribution in [0.3, 0.4) is 0 Å². The molecule has 1 saturated heterocycles. The quantitative estimate of drug-likeness (QED) is 0.890. The summed E-state index contributed by atoms with van der Waals surface area (Å²) in [4.78, 5) is 26.7. The van der Waals surface area contributed by atoms with Crippen molar-refractivity contribution in [3.8, 4) is 0 Å². The van der Waals surface area contributed by atoms with Gasteiger partial charge in [0.2, 0.25) is 11.8 Å². The second-order valence-electron chi connectivity index (χ2n) is 6.08. The van der Waals surface area contributed by atoms with E-state index in [1.54, 1.807) is 30.4 Å². The van der Waals surface area contributed by atoms with Crippen LogP contribution in [-0.2, 0) is 23.2 Å². The molecule has 1 N–H and O–H groups in total. The number of nitrogens with zero attached hydrogens (tertiary/aromatic N) is 3. The van der Waals surface area contributed by atoms with Crippen molar-refractivity contribution in [3.05, 3.63) is 18.0 Å². The lowest BCUT2D eigenvalue weighted by Crippen LogP contribution is -2.72. The van der Waals surface area contributed by atoms with Gasteiger partial charge in [-0.05, 0) is 33.3 Å². The first-order valence-corrected chi connectivity index (χ1v) is 6.84. The highest BCUT2D eigenvalue weighted by molar-refractivity contribution is 6.01. The Morgan fingerprint density at radius 3 is 2.45 bits per heavy atom. The summed E-state index contributed by atoms with van der Waals surface area (Å²) in [5.74, 6) is -0.187. The molecule has 1 fully saturated rings. The fourth-order valence-electron chi connectivity index (χ4n) is 2.46. The zero-order chi connectivity index (χ0) is 15.1. The van der Waals surface area contributed by atoms with Crippen LogP contribution in [0.2, 0.25) is 0 Å². The van der Waals surface area contributed by atoms with Crippen LogP contribution in [0.15, 0.2) is 12.3 Å². The molecular weight excluding hydrogens is 256 g/mol. The second kappa shape index (κ2) is 4.61. The zero-order valence-electron chi connectivity index (χ0n) is 12.7. The number of aryl methyl sites for hydroxylation is 1. The molecular formula is C14H22N4O2. The molecule has 1 aliphatic rings. The first kappa shape index (κ1) is 14.6. The van der Waals surface area contributed by atoms with Gasteiger partial charge in [0.15, 0.2) is 0 Å². The van der Waals surface area contributed by atoms with Crippen molar-refractivity contribution in [1.82, 2.24) is 20.0 Å². The molecule has 1 aliphatic heterocycles. The summed E-state index contributed by atoms with van der Waals surface area (Å²) in [6.45, 7) is 7.53. The van der Waals surface area contributed by atoms with Crippen molar-refractivity contribution in [2.45, 2.75) is 51.7 Å². The number of hydrogen-bond acceptors (Lipinski definition) is 3. The van der Waals surface area contributed by atoms with Gasteiger partial charge >= 0.3 is 0 Å². The van der Waals surface area contributed by atoms with Crippen molar-refractivity contribution in [2.75, 3.05) is 0 Å². The molecule has 1 aromatic heterocycles. The Morgan fingerprint density at radius 2 is 1.95 bits per heavy atom. The maximum absolute atomic E-state index is 12.7. The minimum absolute atomic E-state index is 0.0768. The van der Waals surface area contributed by atoms with Crippen LogP contribution in [0.4, 0.5) is 0 Å². The van der Waals surface area contributed by atoms with Gasteiger partial charge in [-0.1, -0.05) is 6.92 Å². The van der Waals surface area contributed by atoms with E-state index in [0.29, 0.717) is 13.0 Å². The Hall–Kier alpha value is -1.85. The first-order valence-electron chi connectivity index (χ1n) is 6.84. The highest BCUT2D eigenvalue weighted by Crippen LogP contribution is 2.30. The number of carbonyl (C=O) groups is 2. The third kappa shape index (κ3) is 2.19. The van der Waals surface area contributed by atoms with E-state index in [-0.39, 0.29) is 11.8 Å². The molecule has 0 spiro atoms. The molecule has 2 amide bonds. The lowest BCUT2D eigenvalue weighted by Gasteiger charge is -2.48. The fraction of sp³-hybridized carbons (Fsp3) is 0.643. The van der Waals surface area contributed by atoms with E-state index in [0.717, 1.165) is 5.69 Å². The molecule has 1 aromatic rings. The van der Waals surface area contributed by atoms with Crippen molar-refractivity contribution in [1.29, 1.82) is 0 Å². The van der Waals surface area contributed by atoms with Gasteiger partial charge in [-0.2, -0.15) is 5.10 Å². The van der Waals surface area contributed by atoms with E-state index in [1.165, 1.54) is 0 Å². The minimum atomic E-state index is -0.874. The van der Waals surface area contributed by atoms with Gasteiger partial charge in [-0.15, -0.1) is 0 Å². The Balaban J connectivity index is 2.38. The minimum Gasteiger partial charge on any atom is -0.340 e. The molecule has 1 atom stereocenters. The highest BCUT2D eigenvalue weighted by atomic mass is 16.2. The summed E-state index contributed by atoms with van der Waals surface area (Å²) in [5.41, 5.74) is -0.920. The van der Waals surface area contributed by atoms with E-state index in [1.807, 2.05) is 26.2 Å². The molecule has 20 heavy (non-hydrogen) atoms. The molecule has 6 heteroatoms. The number of amides is 2. The lowest BCUT2D eigenvalue weighted by atomic mass is 9.86. The SMILES string of the molecule is CCC1(C)C(=O)NC(C)(C)C(=O)N1Cc1ccn(C)n1. The zero-order valence-corrected chi connectivity index (χ0v) is 12.7. The molecule has 0 saturated carbocycles. The Bertz CT molecular complexity index is 549. The van der Waals surface area contributed by atoms with Crippen molar-refractivity contribution in [2.24, 2.45) is 7.05 Å². The monoisotopic (exact) mass is 278 g/mol. The molecule has 6 nitrogen and oxygen atoms in total. The summed E-state index contributed by atoms with van der Waals surface area (Å²) >= 11 is 0. The van der Waals surface area contributed by atoms with Crippen LogP contribution < -0.4 is 5.32 Å². The van der Waals surface area contributed by atoms with E-state index in [2.05, 4.69) is 10.4 Å². The number of nitrogens with one attached hydrogen (secondary N) is 1. The van der Waals surface area contributed by atoms with Gasteiger partial charge in [0.25, 0.3) is 0 Å². The van der Waals surface area contributed by atoms with Crippen molar-refractivity contribution < 1.29 is 9.59 Å². The predicted octanol–water partition coefficient (Wildman–Crippen LogP) is 0.826. The molecule has 0 aliphatic carbocycles. The maximum Gasteiger partial charge on any atom is 0.248 e. The summed E-state index contributed by atoms with van der Waals surface area (Å²) in [5, 5.41) is 7.12. The summed E-state index contributed by atoms with van der Waals surface area (Å²) in [7, 11) is 1.83. The molecule has 110 valence electrons. The smallest absolute Gasteiger partial charge is 0.248 e.